The maximum absolute atomic E-state index is 11.2. The van der Waals surface area contributed by atoms with Crippen LogP contribution in [0.2, 0.25) is 0 Å². The highest BCUT2D eigenvalue weighted by Gasteiger charge is 2.07. The Hall–Kier alpha value is -2.44. The molecule has 0 saturated carbocycles. The number of benzene rings is 1. The molecule has 86 valence electrons. The Morgan fingerprint density at radius 1 is 1.44 bits per heavy atom. The van der Waals surface area contributed by atoms with Crippen molar-refractivity contribution < 1.29 is 9.53 Å². The summed E-state index contributed by atoms with van der Waals surface area (Å²) in [7, 11) is 0. The predicted octanol–water partition coefficient (Wildman–Crippen LogP) is -0.761. The third-order valence-electron chi connectivity index (χ3n) is 1.68. The van der Waals surface area contributed by atoms with Crippen molar-refractivity contribution in [1.29, 1.82) is 5.41 Å². The molecular weight excluding hydrogens is 210 g/mol. The van der Waals surface area contributed by atoms with Gasteiger partial charge in [-0.05, 0) is 18.2 Å². The van der Waals surface area contributed by atoms with E-state index in [1.807, 2.05) is 0 Å². The Balaban J connectivity index is 2.59. The molecule has 7 heteroatoms. The number of carbonyl (C=O) groups is 1. The maximum Gasteiger partial charge on any atom is 0.330 e. The number of nitrogens with two attached hydrogens (primary N) is 3. The predicted molar refractivity (Wildman–Crippen MR) is 60.8 cm³/mol. The Morgan fingerprint density at radius 3 is 2.69 bits per heavy atom. The number of guanidine groups is 1. The van der Waals surface area contributed by atoms with Gasteiger partial charge < -0.3 is 27.3 Å². The number of nitrogen functional groups attached to an aromatic ring is 2. The molecule has 0 aliphatic rings. The summed E-state index contributed by atoms with van der Waals surface area (Å²) in [4.78, 5) is 11.2. The molecule has 0 spiro atoms. The normalized spacial score (nSPS) is 9.50. The zero-order chi connectivity index (χ0) is 12.1. The van der Waals surface area contributed by atoms with E-state index in [1.54, 1.807) is 6.07 Å². The smallest absolute Gasteiger partial charge is 0.330 e. The molecule has 0 unspecified atom stereocenters. The highest BCUT2D eigenvalue weighted by Crippen LogP contribution is 2.23. The molecule has 16 heavy (non-hydrogen) atoms. The highest BCUT2D eigenvalue weighted by molar-refractivity contribution is 5.82. The van der Waals surface area contributed by atoms with Crippen molar-refractivity contribution in [2.24, 2.45) is 5.73 Å². The van der Waals surface area contributed by atoms with E-state index in [0.29, 0.717) is 5.69 Å². The van der Waals surface area contributed by atoms with E-state index in [-0.39, 0.29) is 23.9 Å². The zero-order valence-corrected chi connectivity index (χ0v) is 8.49. The first-order valence-electron chi connectivity index (χ1n) is 4.42. The van der Waals surface area contributed by atoms with Gasteiger partial charge in [-0.15, -0.1) is 0 Å². The first-order chi connectivity index (χ1) is 7.49. The second kappa shape index (κ2) is 4.87. The second-order valence-corrected chi connectivity index (χ2v) is 3.04. The van der Waals surface area contributed by atoms with Gasteiger partial charge in [0, 0.05) is 5.69 Å². The minimum absolute atomic E-state index is 0.195. The van der Waals surface area contributed by atoms with Gasteiger partial charge in [-0.1, -0.05) is 0 Å². The Kier molecular flexibility index (Phi) is 3.54. The average Bonchev–Trinajstić information content (AvgIpc) is 2.19. The van der Waals surface area contributed by atoms with Gasteiger partial charge in [0.15, 0.2) is 11.7 Å². The maximum atomic E-state index is 11.2. The van der Waals surface area contributed by atoms with Crippen LogP contribution in [-0.4, -0.2) is 18.5 Å². The fourth-order valence-electron chi connectivity index (χ4n) is 0.986. The van der Waals surface area contributed by atoms with E-state index >= 15 is 0 Å². The molecule has 0 aromatic heterocycles. The van der Waals surface area contributed by atoms with Crippen molar-refractivity contribution >= 4 is 23.3 Å². The number of hydrogen-bond acceptors (Lipinski definition) is 5. The van der Waals surface area contributed by atoms with Crippen molar-refractivity contribution in [2.75, 3.05) is 18.0 Å². The van der Waals surface area contributed by atoms with E-state index in [2.05, 4.69) is 5.32 Å². The van der Waals surface area contributed by atoms with Gasteiger partial charge in [0.25, 0.3) is 0 Å². The van der Waals surface area contributed by atoms with Crippen molar-refractivity contribution in [3.63, 3.8) is 0 Å². The number of hydrogen-bond donors (Lipinski definition) is 5. The van der Waals surface area contributed by atoms with Gasteiger partial charge in [0.2, 0.25) is 0 Å². The molecule has 0 radical (unpaired) electrons. The van der Waals surface area contributed by atoms with Crippen LogP contribution in [0.1, 0.15) is 0 Å². The summed E-state index contributed by atoms with van der Waals surface area (Å²) in [5.41, 5.74) is 16.8. The lowest BCUT2D eigenvalue weighted by Gasteiger charge is -2.08. The average molecular weight is 223 g/mol. The van der Waals surface area contributed by atoms with Crippen LogP contribution in [0, 0.1) is 5.41 Å². The van der Waals surface area contributed by atoms with Crippen LogP contribution in [0.3, 0.4) is 0 Å². The molecule has 0 fully saturated rings. The molecule has 0 saturated heterocycles. The molecule has 1 aromatic carbocycles. The lowest BCUT2D eigenvalue weighted by molar-refractivity contribution is -0.133. The fourth-order valence-corrected chi connectivity index (χ4v) is 0.986. The third kappa shape index (κ3) is 3.37. The van der Waals surface area contributed by atoms with E-state index in [9.17, 15) is 4.79 Å². The molecule has 0 bridgehead atoms. The summed E-state index contributed by atoms with van der Waals surface area (Å²) < 4.78 is 4.92. The van der Waals surface area contributed by atoms with Crippen LogP contribution >= 0.6 is 0 Å². The largest absolute Gasteiger partial charge is 0.423 e. The molecule has 7 nitrogen and oxygen atoms in total. The van der Waals surface area contributed by atoms with Gasteiger partial charge in [-0.2, -0.15) is 0 Å². The molecule has 0 aliphatic heterocycles. The Morgan fingerprint density at radius 2 is 2.12 bits per heavy atom. The molecule has 0 aliphatic carbocycles. The quantitative estimate of drug-likeness (QED) is 0.150. The summed E-state index contributed by atoms with van der Waals surface area (Å²) in [6, 6.07) is 4.55. The van der Waals surface area contributed by atoms with Gasteiger partial charge >= 0.3 is 5.97 Å². The van der Waals surface area contributed by atoms with Crippen molar-refractivity contribution in [1.82, 2.24) is 5.32 Å². The molecule has 0 amide bonds. The number of rotatable bonds is 3. The first kappa shape index (κ1) is 11.6. The van der Waals surface area contributed by atoms with E-state index in [1.165, 1.54) is 12.1 Å². The summed E-state index contributed by atoms with van der Waals surface area (Å²) in [5.74, 6) is -0.668. The molecule has 0 atom stereocenters. The lowest BCUT2D eigenvalue weighted by atomic mass is 10.2. The van der Waals surface area contributed by atoms with Crippen molar-refractivity contribution in [3.8, 4) is 5.75 Å². The van der Waals surface area contributed by atoms with Crippen LogP contribution < -0.4 is 27.3 Å². The Bertz CT molecular complexity index is 418. The second-order valence-electron chi connectivity index (χ2n) is 3.04. The van der Waals surface area contributed by atoms with E-state index in [4.69, 9.17) is 27.3 Å². The molecule has 0 heterocycles. The van der Waals surface area contributed by atoms with Gasteiger partial charge in [-0.3, -0.25) is 5.41 Å². The first-order valence-corrected chi connectivity index (χ1v) is 4.42. The van der Waals surface area contributed by atoms with Crippen molar-refractivity contribution in [2.45, 2.75) is 0 Å². The number of nitrogens with one attached hydrogen (secondary N) is 2. The highest BCUT2D eigenvalue weighted by atomic mass is 16.5. The van der Waals surface area contributed by atoms with Crippen LogP contribution in [0.25, 0.3) is 0 Å². The van der Waals surface area contributed by atoms with Crippen LogP contribution in [0.15, 0.2) is 18.2 Å². The fraction of sp³-hybridized carbons (Fsp3) is 0.111. The minimum atomic E-state index is -0.591. The molecule has 1 rings (SSSR count). The van der Waals surface area contributed by atoms with E-state index in [0.717, 1.165) is 0 Å². The third-order valence-corrected chi connectivity index (χ3v) is 1.68. The van der Waals surface area contributed by atoms with Gasteiger partial charge in [-0.25, -0.2) is 4.79 Å². The zero-order valence-electron chi connectivity index (χ0n) is 8.49. The lowest BCUT2D eigenvalue weighted by Crippen LogP contribution is -2.36. The van der Waals surface area contributed by atoms with Gasteiger partial charge in [0.1, 0.15) is 6.54 Å². The summed E-state index contributed by atoms with van der Waals surface area (Å²) >= 11 is 0. The number of ether oxygens (including phenoxy) is 1. The molecule has 8 N–H and O–H groups in total. The summed E-state index contributed by atoms with van der Waals surface area (Å²) in [6.45, 7) is -0.195. The SMILES string of the molecule is N=C(N)NCC(=O)Oc1ccc(N)cc1N. The minimum Gasteiger partial charge on any atom is -0.423 e. The monoisotopic (exact) mass is 223 g/mol. The standard InChI is InChI=1S/C9H13N5O2/c10-5-1-2-7(6(11)3-5)16-8(15)4-14-9(12)13/h1-3H,4,10-11H2,(H4,12,13,14). The number of anilines is 2. The summed E-state index contributed by atoms with van der Waals surface area (Å²) in [6.07, 6.45) is 0. The van der Waals surface area contributed by atoms with E-state index < -0.39 is 5.97 Å². The van der Waals surface area contributed by atoms with Crippen LogP contribution in [0.4, 0.5) is 11.4 Å². The van der Waals surface area contributed by atoms with Crippen LogP contribution in [-0.2, 0) is 4.79 Å². The number of carbonyl (C=O) groups excluding carboxylic acids is 1. The topological polar surface area (TPSA) is 140 Å². The van der Waals surface area contributed by atoms with Crippen molar-refractivity contribution in [3.05, 3.63) is 18.2 Å². The Labute approximate surface area is 92.1 Å². The van der Waals surface area contributed by atoms with Crippen LogP contribution in [0.5, 0.6) is 5.75 Å². The summed E-state index contributed by atoms with van der Waals surface area (Å²) in [5, 5.41) is 9.17. The van der Waals surface area contributed by atoms with Gasteiger partial charge in [0.05, 0.1) is 5.69 Å². The molecule has 1 aromatic rings. The molecular formula is C9H13N5O2. The number of esters is 1.